The third kappa shape index (κ3) is 1.79. The van der Waals surface area contributed by atoms with Crippen molar-refractivity contribution in [3.63, 3.8) is 0 Å². The smallest absolute Gasteiger partial charge is 0.103 e. The van der Waals surface area contributed by atoms with Gasteiger partial charge in [-0.25, -0.2) is 0 Å². The maximum absolute atomic E-state index is 9.09. The first-order chi connectivity index (χ1) is 6.38. The first-order valence-electron chi connectivity index (χ1n) is 4.86. The van der Waals surface area contributed by atoms with Gasteiger partial charge in [-0.1, -0.05) is 34.6 Å². The molecule has 0 bridgehead atoms. The van der Waals surface area contributed by atoms with Crippen molar-refractivity contribution in [3.05, 3.63) is 17.0 Å². The Kier molecular flexibility index (Phi) is 2.66. The number of nitrogens with one attached hydrogen (secondary N) is 1. The minimum Gasteiger partial charge on any atom is -0.281 e. The number of nitrogens with zero attached hydrogens (tertiary/aromatic N) is 2. The van der Waals surface area contributed by atoms with Crippen LogP contribution in [0.4, 0.5) is 0 Å². The van der Waals surface area contributed by atoms with Gasteiger partial charge < -0.3 is 0 Å². The molecule has 76 valence electrons. The van der Waals surface area contributed by atoms with Crippen LogP contribution in [0.15, 0.2) is 0 Å². The van der Waals surface area contributed by atoms with Crippen LogP contribution >= 0.6 is 0 Å². The van der Waals surface area contributed by atoms with Crippen LogP contribution in [0.3, 0.4) is 0 Å². The van der Waals surface area contributed by atoms with Gasteiger partial charge in [-0.2, -0.15) is 10.4 Å². The predicted octanol–water partition coefficient (Wildman–Crippen LogP) is 2.70. The Labute approximate surface area is 85.1 Å². The molecule has 14 heavy (non-hydrogen) atoms. The van der Waals surface area contributed by atoms with Crippen LogP contribution in [-0.2, 0) is 5.41 Å². The zero-order valence-electron chi connectivity index (χ0n) is 9.47. The van der Waals surface area contributed by atoms with Crippen LogP contribution in [-0.4, -0.2) is 10.2 Å². The van der Waals surface area contributed by atoms with E-state index in [2.05, 4.69) is 50.9 Å². The van der Waals surface area contributed by atoms with Crippen LogP contribution in [0.25, 0.3) is 0 Å². The lowest BCUT2D eigenvalue weighted by molar-refractivity contribution is 0.565. The van der Waals surface area contributed by atoms with Crippen molar-refractivity contribution < 1.29 is 0 Å². The highest BCUT2D eigenvalue weighted by Crippen LogP contribution is 2.28. The van der Waals surface area contributed by atoms with Crippen molar-refractivity contribution in [2.75, 3.05) is 0 Å². The van der Waals surface area contributed by atoms with Crippen molar-refractivity contribution in [1.29, 1.82) is 5.26 Å². The highest BCUT2D eigenvalue weighted by molar-refractivity contribution is 5.42. The Morgan fingerprint density at radius 1 is 1.36 bits per heavy atom. The van der Waals surface area contributed by atoms with E-state index in [1.54, 1.807) is 0 Å². The van der Waals surface area contributed by atoms with E-state index in [4.69, 9.17) is 5.26 Å². The number of aromatic amines is 1. The van der Waals surface area contributed by atoms with Gasteiger partial charge in [-0.3, -0.25) is 5.10 Å². The number of aromatic nitrogens is 2. The average Bonchev–Trinajstić information content (AvgIpc) is 2.45. The SMILES string of the molecule is CC(C)c1[nH]nc(C(C)(C)C)c1C#N. The molecule has 3 nitrogen and oxygen atoms in total. The van der Waals surface area contributed by atoms with Crippen molar-refractivity contribution in [2.24, 2.45) is 0 Å². The molecule has 0 amide bonds. The molecule has 0 saturated carbocycles. The van der Waals surface area contributed by atoms with Crippen LogP contribution < -0.4 is 0 Å². The molecule has 0 saturated heterocycles. The van der Waals surface area contributed by atoms with Crippen LogP contribution in [0.2, 0.25) is 0 Å². The van der Waals surface area contributed by atoms with E-state index < -0.39 is 0 Å². The summed E-state index contributed by atoms with van der Waals surface area (Å²) in [5.41, 5.74) is 2.45. The molecule has 0 unspecified atom stereocenters. The van der Waals surface area contributed by atoms with Crippen LogP contribution in [0.5, 0.6) is 0 Å². The number of nitriles is 1. The van der Waals surface area contributed by atoms with Gasteiger partial charge in [-0.15, -0.1) is 0 Å². The van der Waals surface area contributed by atoms with Crippen molar-refractivity contribution >= 4 is 0 Å². The van der Waals surface area contributed by atoms with E-state index in [1.165, 1.54) is 0 Å². The molecular formula is C11H17N3. The summed E-state index contributed by atoms with van der Waals surface area (Å²) < 4.78 is 0. The highest BCUT2D eigenvalue weighted by atomic mass is 15.1. The average molecular weight is 191 g/mol. The summed E-state index contributed by atoms with van der Waals surface area (Å²) in [7, 11) is 0. The molecule has 0 fully saturated rings. The quantitative estimate of drug-likeness (QED) is 0.742. The number of H-pyrrole nitrogens is 1. The minimum atomic E-state index is -0.0747. The fraction of sp³-hybridized carbons (Fsp3) is 0.636. The fourth-order valence-electron chi connectivity index (χ4n) is 1.43. The predicted molar refractivity (Wildman–Crippen MR) is 56.1 cm³/mol. The molecule has 1 heterocycles. The maximum atomic E-state index is 9.09. The number of hydrogen-bond acceptors (Lipinski definition) is 2. The lowest BCUT2D eigenvalue weighted by Gasteiger charge is -2.15. The molecule has 3 heteroatoms. The Hall–Kier alpha value is -1.30. The summed E-state index contributed by atoms with van der Waals surface area (Å²) >= 11 is 0. The standard InChI is InChI=1S/C11H17N3/c1-7(2)9-8(6-12)10(14-13-9)11(3,4)5/h7H,1-5H3,(H,13,14). The lowest BCUT2D eigenvalue weighted by atomic mass is 9.88. The third-order valence-corrected chi connectivity index (χ3v) is 2.19. The van der Waals surface area contributed by atoms with Gasteiger partial charge in [0.15, 0.2) is 0 Å². The van der Waals surface area contributed by atoms with Gasteiger partial charge in [0.1, 0.15) is 6.07 Å². The van der Waals surface area contributed by atoms with Crippen molar-refractivity contribution in [2.45, 2.75) is 46.0 Å². The summed E-state index contributed by atoms with van der Waals surface area (Å²) in [5, 5.41) is 16.3. The molecular weight excluding hydrogens is 174 g/mol. The first-order valence-corrected chi connectivity index (χ1v) is 4.86. The molecule has 1 aromatic rings. The summed E-state index contributed by atoms with van der Waals surface area (Å²) in [5.74, 6) is 0.313. The Morgan fingerprint density at radius 3 is 2.29 bits per heavy atom. The van der Waals surface area contributed by atoms with Gasteiger partial charge in [-0.05, 0) is 5.92 Å². The number of rotatable bonds is 1. The van der Waals surface area contributed by atoms with Gasteiger partial charge in [0.25, 0.3) is 0 Å². The van der Waals surface area contributed by atoms with Gasteiger partial charge >= 0.3 is 0 Å². The lowest BCUT2D eigenvalue weighted by Crippen LogP contribution is -2.13. The summed E-state index contributed by atoms with van der Waals surface area (Å²) in [6.07, 6.45) is 0. The van der Waals surface area contributed by atoms with E-state index in [-0.39, 0.29) is 5.41 Å². The van der Waals surface area contributed by atoms with E-state index in [1.807, 2.05) is 0 Å². The molecule has 0 atom stereocenters. The summed E-state index contributed by atoms with van der Waals surface area (Å²) in [4.78, 5) is 0. The molecule has 0 aromatic carbocycles. The second kappa shape index (κ2) is 3.45. The van der Waals surface area contributed by atoms with Crippen molar-refractivity contribution in [3.8, 4) is 6.07 Å². The molecule has 0 radical (unpaired) electrons. The normalized spacial score (nSPS) is 11.8. The largest absolute Gasteiger partial charge is 0.281 e. The molecule has 1 N–H and O–H groups in total. The monoisotopic (exact) mass is 191 g/mol. The molecule has 0 aliphatic rings. The Bertz CT molecular complexity index is 361. The van der Waals surface area contributed by atoms with E-state index in [0.29, 0.717) is 11.5 Å². The van der Waals surface area contributed by atoms with Crippen LogP contribution in [0, 0.1) is 11.3 Å². The third-order valence-electron chi connectivity index (χ3n) is 2.19. The topological polar surface area (TPSA) is 52.5 Å². The van der Waals surface area contributed by atoms with Crippen LogP contribution in [0.1, 0.15) is 57.5 Å². The van der Waals surface area contributed by atoms with E-state index in [9.17, 15) is 0 Å². The second-order valence-electron chi connectivity index (χ2n) is 4.88. The minimum absolute atomic E-state index is 0.0747. The summed E-state index contributed by atoms with van der Waals surface area (Å²) in [6.45, 7) is 10.3. The molecule has 1 aromatic heterocycles. The van der Waals surface area contributed by atoms with Crippen molar-refractivity contribution in [1.82, 2.24) is 10.2 Å². The first kappa shape index (κ1) is 10.8. The zero-order chi connectivity index (χ0) is 10.9. The van der Waals surface area contributed by atoms with Gasteiger partial charge in [0, 0.05) is 5.41 Å². The number of hydrogen-bond donors (Lipinski definition) is 1. The van der Waals surface area contributed by atoms with Gasteiger partial charge in [0.2, 0.25) is 0 Å². The Morgan fingerprint density at radius 2 is 1.93 bits per heavy atom. The molecule has 0 aliphatic carbocycles. The molecule has 0 aliphatic heterocycles. The molecule has 1 rings (SSSR count). The zero-order valence-corrected chi connectivity index (χ0v) is 9.47. The highest BCUT2D eigenvalue weighted by Gasteiger charge is 2.24. The maximum Gasteiger partial charge on any atom is 0.103 e. The van der Waals surface area contributed by atoms with E-state index in [0.717, 1.165) is 11.4 Å². The Balaban J connectivity index is 3.30. The summed E-state index contributed by atoms with van der Waals surface area (Å²) in [6, 6.07) is 2.24. The van der Waals surface area contributed by atoms with Gasteiger partial charge in [0.05, 0.1) is 17.0 Å². The van der Waals surface area contributed by atoms with E-state index >= 15 is 0 Å². The molecule has 0 spiro atoms. The fourth-order valence-corrected chi connectivity index (χ4v) is 1.43. The second-order valence-corrected chi connectivity index (χ2v) is 4.88.